The van der Waals surface area contributed by atoms with Crippen LogP contribution in [0.2, 0.25) is 0 Å². The number of pyridine rings is 1. The smallest absolute Gasteiger partial charge is 0.313 e. The van der Waals surface area contributed by atoms with Gasteiger partial charge in [-0.25, -0.2) is 4.39 Å². The van der Waals surface area contributed by atoms with Gasteiger partial charge in [-0.3, -0.25) is 14.6 Å². The van der Waals surface area contributed by atoms with Gasteiger partial charge in [0, 0.05) is 35.9 Å². The van der Waals surface area contributed by atoms with Crippen molar-refractivity contribution in [2.75, 3.05) is 38.7 Å². The molecule has 4 aromatic rings. The Hall–Kier alpha value is -4.70. The minimum absolute atomic E-state index is 0.0974. The normalized spacial score (nSPS) is 13.4. The van der Waals surface area contributed by atoms with E-state index in [1.54, 1.807) is 18.3 Å². The van der Waals surface area contributed by atoms with Crippen LogP contribution in [0.5, 0.6) is 23.0 Å². The zero-order chi connectivity index (χ0) is 31.1. The second-order valence-corrected chi connectivity index (χ2v) is 10.9. The van der Waals surface area contributed by atoms with E-state index in [1.165, 1.54) is 24.8 Å². The largest absolute Gasteiger partial charge is 0.490 e. The third-order valence-electron chi connectivity index (χ3n) is 7.80. The molecule has 3 N–H and O–H groups in total. The predicted octanol–water partition coefficient (Wildman–Crippen LogP) is 5.47. The monoisotopic (exact) mass is 600 g/mol. The zero-order valence-corrected chi connectivity index (χ0v) is 25.2. The molecule has 0 unspecified atom stereocenters. The number of fused-ring (bicyclic) bond motifs is 1. The first kappa shape index (κ1) is 30.7. The quantitative estimate of drug-likeness (QED) is 0.207. The number of rotatable bonds is 10. The Morgan fingerprint density at radius 3 is 2.55 bits per heavy atom. The summed E-state index contributed by atoms with van der Waals surface area (Å²) in [6.45, 7) is 6.77. The van der Waals surface area contributed by atoms with Gasteiger partial charge in [0.25, 0.3) is 0 Å². The van der Waals surface area contributed by atoms with Crippen molar-refractivity contribution in [2.45, 2.75) is 33.1 Å². The van der Waals surface area contributed by atoms with E-state index in [9.17, 15) is 9.59 Å². The van der Waals surface area contributed by atoms with Gasteiger partial charge in [0.05, 0.1) is 19.2 Å². The topological polar surface area (TPSA) is 111 Å². The molecule has 1 aliphatic rings. The van der Waals surface area contributed by atoms with Crippen LogP contribution in [0.1, 0.15) is 29.5 Å². The number of halogens is 1. The van der Waals surface area contributed by atoms with Crippen LogP contribution in [0, 0.1) is 25.6 Å². The second kappa shape index (κ2) is 14.2. The van der Waals surface area contributed by atoms with Gasteiger partial charge in [0.15, 0.2) is 23.1 Å². The summed E-state index contributed by atoms with van der Waals surface area (Å²) in [5.74, 6) is -1.08. The van der Waals surface area contributed by atoms with E-state index in [0.29, 0.717) is 47.9 Å². The number of aromatic nitrogens is 1. The van der Waals surface area contributed by atoms with Crippen molar-refractivity contribution in [1.29, 1.82) is 0 Å². The van der Waals surface area contributed by atoms with Gasteiger partial charge in [-0.05, 0) is 93.1 Å². The zero-order valence-electron chi connectivity index (χ0n) is 25.2. The molecule has 0 saturated carbocycles. The number of benzene rings is 3. The van der Waals surface area contributed by atoms with Crippen molar-refractivity contribution in [3.05, 3.63) is 83.3 Å². The van der Waals surface area contributed by atoms with Crippen LogP contribution < -0.4 is 30.2 Å². The summed E-state index contributed by atoms with van der Waals surface area (Å²) in [4.78, 5) is 29.3. The van der Waals surface area contributed by atoms with E-state index in [0.717, 1.165) is 43.1 Å². The summed E-state index contributed by atoms with van der Waals surface area (Å²) in [6.07, 6.45) is 4.27. The van der Waals surface area contributed by atoms with E-state index in [-0.39, 0.29) is 17.2 Å². The highest BCUT2D eigenvalue weighted by Gasteiger charge is 2.22. The van der Waals surface area contributed by atoms with Crippen molar-refractivity contribution < 1.29 is 28.2 Å². The Morgan fingerprint density at radius 1 is 0.977 bits per heavy atom. The highest BCUT2D eigenvalue weighted by molar-refractivity contribution is 6.39. The minimum Gasteiger partial charge on any atom is -0.490 e. The van der Waals surface area contributed by atoms with Gasteiger partial charge in [-0.1, -0.05) is 18.2 Å². The van der Waals surface area contributed by atoms with Crippen LogP contribution in [-0.4, -0.2) is 50.1 Å². The molecule has 5 rings (SSSR count). The predicted molar refractivity (Wildman–Crippen MR) is 167 cm³/mol. The lowest BCUT2D eigenvalue weighted by atomic mass is 9.99. The van der Waals surface area contributed by atoms with Crippen molar-refractivity contribution >= 4 is 28.4 Å². The molecule has 9 nitrogen and oxygen atoms in total. The number of aryl methyl sites for hydroxylation is 2. The average Bonchev–Trinajstić information content (AvgIpc) is 3.03. The molecule has 230 valence electrons. The van der Waals surface area contributed by atoms with E-state index in [2.05, 4.69) is 27.0 Å². The van der Waals surface area contributed by atoms with Crippen molar-refractivity contribution in [3.8, 4) is 23.0 Å². The number of amides is 2. The first-order valence-electron chi connectivity index (χ1n) is 14.7. The number of hydrogen-bond donors (Lipinski definition) is 3. The van der Waals surface area contributed by atoms with E-state index in [1.807, 2.05) is 32.0 Å². The Labute approximate surface area is 256 Å². The number of anilines is 1. The molecule has 44 heavy (non-hydrogen) atoms. The lowest BCUT2D eigenvalue weighted by Crippen LogP contribution is -2.36. The Bertz CT molecular complexity index is 1650. The lowest BCUT2D eigenvalue weighted by molar-refractivity contribution is -0.136. The SMILES string of the molecule is COc1c(OCC2CCNCC2)cc2ncccc2c1Oc1ccc(NC(=O)C(=O)NCCc2ccc(C)c(C)c2)cc1F. The summed E-state index contributed by atoms with van der Waals surface area (Å²) < 4.78 is 33.2. The molecule has 1 aliphatic heterocycles. The van der Waals surface area contributed by atoms with Crippen LogP contribution in [0.15, 0.2) is 60.8 Å². The van der Waals surface area contributed by atoms with Crippen molar-refractivity contribution in [2.24, 2.45) is 5.92 Å². The summed E-state index contributed by atoms with van der Waals surface area (Å²) in [5, 5.41) is 9.02. The van der Waals surface area contributed by atoms with Crippen LogP contribution in [-0.2, 0) is 16.0 Å². The fourth-order valence-corrected chi connectivity index (χ4v) is 5.13. The maximum Gasteiger partial charge on any atom is 0.313 e. The summed E-state index contributed by atoms with van der Waals surface area (Å²) in [7, 11) is 1.50. The van der Waals surface area contributed by atoms with Gasteiger partial charge in [-0.15, -0.1) is 0 Å². The van der Waals surface area contributed by atoms with Crippen molar-refractivity contribution in [3.63, 3.8) is 0 Å². The van der Waals surface area contributed by atoms with E-state index < -0.39 is 17.6 Å². The third kappa shape index (κ3) is 7.44. The molecule has 0 radical (unpaired) electrons. The van der Waals surface area contributed by atoms with Crippen molar-refractivity contribution in [1.82, 2.24) is 15.6 Å². The average molecular weight is 601 g/mol. The Balaban J connectivity index is 1.26. The molecule has 2 amide bonds. The maximum absolute atomic E-state index is 15.3. The second-order valence-electron chi connectivity index (χ2n) is 10.9. The number of hydrogen-bond acceptors (Lipinski definition) is 7. The molecule has 10 heteroatoms. The number of carbonyl (C=O) groups excluding carboxylic acids is 2. The van der Waals surface area contributed by atoms with Crippen LogP contribution >= 0.6 is 0 Å². The first-order valence-corrected chi connectivity index (χ1v) is 14.7. The Morgan fingerprint density at radius 2 is 1.80 bits per heavy atom. The molecule has 0 atom stereocenters. The molecule has 1 fully saturated rings. The number of ether oxygens (including phenoxy) is 3. The fraction of sp³-hybridized carbons (Fsp3) is 0.324. The highest BCUT2D eigenvalue weighted by atomic mass is 19.1. The van der Waals surface area contributed by atoms with E-state index in [4.69, 9.17) is 14.2 Å². The minimum atomic E-state index is -0.893. The van der Waals surface area contributed by atoms with Gasteiger partial charge >= 0.3 is 11.8 Å². The lowest BCUT2D eigenvalue weighted by Gasteiger charge is -2.24. The fourth-order valence-electron chi connectivity index (χ4n) is 5.13. The molecule has 3 aromatic carbocycles. The molecule has 1 aromatic heterocycles. The molecule has 0 aliphatic carbocycles. The molecular formula is C34H37FN4O5. The third-order valence-corrected chi connectivity index (χ3v) is 7.80. The number of nitrogens with one attached hydrogen (secondary N) is 3. The van der Waals surface area contributed by atoms with Crippen LogP contribution in [0.25, 0.3) is 10.9 Å². The highest BCUT2D eigenvalue weighted by Crippen LogP contribution is 2.45. The number of piperidine rings is 1. The molecular weight excluding hydrogens is 563 g/mol. The van der Waals surface area contributed by atoms with E-state index >= 15 is 4.39 Å². The summed E-state index contributed by atoms with van der Waals surface area (Å²) in [6, 6.07) is 15.4. The molecule has 0 spiro atoms. The number of methoxy groups -OCH3 is 1. The Kier molecular flexibility index (Phi) is 9.91. The molecule has 2 heterocycles. The van der Waals surface area contributed by atoms with Gasteiger partial charge in [0.2, 0.25) is 5.75 Å². The van der Waals surface area contributed by atoms with Crippen LogP contribution in [0.4, 0.5) is 10.1 Å². The van der Waals surface area contributed by atoms with Gasteiger partial charge in [-0.2, -0.15) is 0 Å². The first-order chi connectivity index (χ1) is 21.3. The number of carbonyl (C=O) groups is 2. The summed E-state index contributed by atoms with van der Waals surface area (Å²) >= 11 is 0. The van der Waals surface area contributed by atoms with Crippen LogP contribution in [0.3, 0.4) is 0 Å². The van der Waals surface area contributed by atoms with Gasteiger partial charge in [0.1, 0.15) is 0 Å². The number of nitrogens with zero attached hydrogens (tertiary/aromatic N) is 1. The standard InChI is InChI=1S/C34H37FN4O5/c1-21-6-7-23(17-22(21)2)12-16-38-33(40)34(41)39-25-8-9-29(27(35)18-25)44-31-26-5-4-13-37-28(26)19-30(32(31)42-3)43-20-24-10-14-36-15-11-24/h4-9,13,17-19,24,36H,10-12,14-16,20H2,1-3H3,(H,38,40)(H,39,41). The molecule has 1 saturated heterocycles. The molecule has 0 bridgehead atoms. The maximum atomic E-state index is 15.3. The van der Waals surface area contributed by atoms with Gasteiger partial charge < -0.3 is 30.2 Å². The summed E-state index contributed by atoms with van der Waals surface area (Å²) in [5.41, 5.74) is 4.14.